The minimum atomic E-state index is -0.108. The first kappa shape index (κ1) is 17.1. The summed E-state index contributed by atoms with van der Waals surface area (Å²) < 4.78 is 10.7. The van der Waals surface area contributed by atoms with E-state index in [0.717, 1.165) is 12.2 Å². The molecule has 10 heteroatoms. The van der Waals surface area contributed by atoms with E-state index in [1.54, 1.807) is 6.20 Å². The number of aryl methyl sites for hydroxylation is 1. The van der Waals surface area contributed by atoms with Gasteiger partial charge < -0.3 is 14.6 Å². The quantitative estimate of drug-likeness (QED) is 0.577. The number of hydrogen-bond acceptors (Lipinski definition) is 8. The van der Waals surface area contributed by atoms with Crippen molar-refractivity contribution in [1.82, 2.24) is 35.6 Å². The molecule has 0 unspecified atom stereocenters. The van der Waals surface area contributed by atoms with Gasteiger partial charge in [-0.2, -0.15) is 10.1 Å². The molecule has 3 heterocycles. The van der Waals surface area contributed by atoms with Crippen LogP contribution >= 0.6 is 0 Å². The van der Waals surface area contributed by atoms with Gasteiger partial charge in [-0.25, -0.2) is 9.97 Å². The zero-order valence-corrected chi connectivity index (χ0v) is 14.6. The summed E-state index contributed by atoms with van der Waals surface area (Å²) in [5.74, 6) is 2.32. The first-order chi connectivity index (χ1) is 13.3. The van der Waals surface area contributed by atoms with E-state index in [4.69, 9.17) is 9.26 Å². The summed E-state index contributed by atoms with van der Waals surface area (Å²) in [6.45, 7) is 1.14. The summed E-state index contributed by atoms with van der Waals surface area (Å²) in [6.07, 6.45) is 6.15. The average Bonchev–Trinajstić information content (AvgIpc) is 3.16. The number of hydrogen-bond donors (Lipinski definition) is 2. The lowest BCUT2D eigenvalue weighted by Gasteiger charge is -2.06. The van der Waals surface area contributed by atoms with E-state index in [0.29, 0.717) is 42.3 Å². The van der Waals surface area contributed by atoms with E-state index in [2.05, 4.69) is 35.6 Å². The highest BCUT2D eigenvalue weighted by atomic mass is 16.5. The molecule has 1 fully saturated rings. The lowest BCUT2D eigenvalue weighted by atomic mass is 10.2. The summed E-state index contributed by atoms with van der Waals surface area (Å²) in [5.41, 5.74) is 0.910. The number of carbonyl (C=O) groups excluding carboxylic acids is 1. The Hall–Kier alpha value is -3.30. The van der Waals surface area contributed by atoms with Gasteiger partial charge in [-0.15, -0.1) is 0 Å². The Morgan fingerprint density at radius 1 is 1.33 bits per heavy atom. The number of aromatic nitrogens is 6. The second kappa shape index (κ2) is 7.94. The molecule has 27 heavy (non-hydrogen) atoms. The molecule has 0 spiro atoms. The van der Waals surface area contributed by atoms with E-state index in [9.17, 15) is 4.79 Å². The lowest BCUT2D eigenvalue weighted by Crippen LogP contribution is -2.23. The van der Waals surface area contributed by atoms with Gasteiger partial charge >= 0.3 is 0 Å². The largest absolute Gasteiger partial charge is 0.477 e. The van der Waals surface area contributed by atoms with Crippen LogP contribution in [-0.4, -0.2) is 42.8 Å². The van der Waals surface area contributed by atoms with Crippen molar-refractivity contribution in [3.63, 3.8) is 0 Å². The first-order valence-corrected chi connectivity index (χ1v) is 8.79. The second-order valence-electron chi connectivity index (χ2n) is 6.38. The van der Waals surface area contributed by atoms with E-state index in [1.165, 1.54) is 19.2 Å². The third-order valence-corrected chi connectivity index (χ3v) is 4.11. The van der Waals surface area contributed by atoms with Gasteiger partial charge in [-0.3, -0.25) is 9.89 Å². The first-order valence-electron chi connectivity index (χ1n) is 8.79. The molecule has 140 valence electrons. The number of aromatic amines is 1. The van der Waals surface area contributed by atoms with E-state index in [-0.39, 0.29) is 12.3 Å². The molecule has 0 bridgehead atoms. The van der Waals surface area contributed by atoms with Crippen LogP contribution in [0.2, 0.25) is 0 Å². The SMILES string of the molecule is O=C(CCc1nc(-c2ncn[nH]2)no1)NCc1ccc(OCC2CC2)nc1. The minimum Gasteiger partial charge on any atom is -0.477 e. The van der Waals surface area contributed by atoms with E-state index >= 15 is 0 Å². The van der Waals surface area contributed by atoms with Crippen LogP contribution in [0.1, 0.15) is 30.7 Å². The van der Waals surface area contributed by atoms with E-state index in [1.807, 2.05) is 12.1 Å². The van der Waals surface area contributed by atoms with E-state index < -0.39 is 0 Å². The van der Waals surface area contributed by atoms with Gasteiger partial charge in [0.05, 0.1) is 6.61 Å². The van der Waals surface area contributed by atoms with Crippen LogP contribution in [0.3, 0.4) is 0 Å². The van der Waals surface area contributed by atoms with Crippen LogP contribution in [0.4, 0.5) is 0 Å². The van der Waals surface area contributed by atoms with Crippen molar-refractivity contribution in [2.75, 3.05) is 6.61 Å². The molecular weight excluding hydrogens is 350 g/mol. The Bertz CT molecular complexity index is 872. The van der Waals surface area contributed by atoms with Gasteiger partial charge in [-0.1, -0.05) is 11.2 Å². The molecular formula is C17H19N7O3. The standard InChI is InChI=1S/C17H19N7O3/c25-13(4-6-15-22-17(24-27-15)16-20-10-21-23-16)18-7-12-3-5-14(19-8-12)26-9-11-1-2-11/h3,5,8,10-11H,1-2,4,6-7,9H2,(H,18,25)(H,20,21,23). The van der Waals surface area contributed by atoms with Gasteiger partial charge in [0, 0.05) is 31.6 Å². The Balaban J connectivity index is 1.19. The molecule has 0 aliphatic heterocycles. The maximum Gasteiger partial charge on any atom is 0.239 e. The van der Waals surface area contributed by atoms with Crippen LogP contribution in [0.5, 0.6) is 5.88 Å². The Labute approximate surface area is 154 Å². The number of pyridine rings is 1. The van der Waals surface area contributed by atoms with Crippen LogP contribution in [-0.2, 0) is 17.8 Å². The molecule has 3 aromatic rings. The van der Waals surface area contributed by atoms with Gasteiger partial charge in [0.1, 0.15) is 6.33 Å². The molecule has 2 N–H and O–H groups in total. The summed E-state index contributed by atoms with van der Waals surface area (Å²) >= 11 is 0. The van der Waals surface area contributed by atoms with Crippen molar-refractivity contribution < 1.29 is 14.1 Å². The normalized spacial score (nSPS) is 13.5. The van der Waals surface area contributed by atoms with Crippen LogP contribution in [0.15, 0.2) is 29.2 Å². The van der Waals surface area contributed by atoms with Crippen molar-refractivity contribution in [2.24, 2.45) is 5.92 Å². The molecule has 0 radical (unpaired) electrons. The summed E-state index contributed by atoms with van der Waals surface area (Å²) in [7, 11) is 0. The van der Waals surface area contributed by atoms with Gasteiger partial charge in [0.15, 0.2) is 5.82 Å². The summed E-state index contributed by atoms with van der Waals surface area (Å²) in [4.78, 5) is 24.4. The number of carbonyl (C=O) groups is 1. The van der Waals surface area contributed by atoms with Gasteiger partial charge in [-0.05, 0) is 24.3 Å². The molecule has 0 saturated heterocycles. The Morgan fingerprint density at radius 3 is 3.00 bits per heavy atom. The van der Waals surface area contributed by atoms with Crippen molar-refractivity contribution in [3.05, 3.63) is 36.1 Å². The number of nitrogens with zero attached hydrogens (tertiary/aromatic N) is 5. The van der Waals surface area contributed by atoms with Crippen molar-refractivity contribution >= 4 is 5.91 Å². The number of amides is 1. The predicted octanol–water partition coefficient (Wildman–Crippen LogP) is 1.29. The van der Waals surface area contributed by atoms with Crippen molar-refractivity contribution in [2.45, 2.75) is 32.2 Å². The van der Waals surface area contributed by atoms with Crippen molar-refractivity contribution in [1.29, 1.82) is 0 Å². The zero-order valence-electron chi connectivity index (χ0n) is 14.6. The Morgan fingerprint density at radius 2 is 2.26 bits per heavy atom. The Kier molecular flexibility index (Phi) is 5.04. The second-order valence-corrected chi connectivity index (χ2v) is 6.38. The number of H-pyrrole nitrogens is 1. The molecule has 1 saturated carbocycles. The third-order valence-electron chi connectivity index (χ3n) is 4.11. The number of rotatable bonds is 9. The predicted molar refractivity (Wildman–Crippen MR) is 92.3 cm³/mol. The maximum absolute atomic E-state index is 12.0. The maximum atomic E-state index is 12.0. The fraction of sp³-hybridized carbons (Fsp3) is 0.412. The molecule has 1 amide bonds. The molecule has 0 aromatic carbocycles. The molecule has 10 nitrogen and oxygen atoms in total. The lowest BCUT2D eigenvalue weighted by molar-refractivity contribution is -0.121. The molecule has 4 rings (SSSR count). The smallest absolute Gasteiger partial charge is 0.239 e. The molecule has 3 aromatic heterocycles. The fourth-order valence-corrected chi connectivity index (χ4v) is 2.36. The van der Waals surface area contributed by atoms with Crippen LogP contribution < -0.4 is 10.1 Å². The average molecular weight is 369 g/mol. The van der Waals surface area contributed by atoms with Gasteiger partial charge in [0.2, 0.25) is 23.5 Å². The van der Waals surface area contributed by atoms with Crippen molar-refractivity contribution in [3.8, 4) is 17.5 Å². The number of ether oxygens (including phenoxy) is 1. The minimum absolute atomic E-state index is 0.108. The number of nitrogens with one attached hydrogen (secondary N) is 2. The fourth-order valence-electron chi connectivity index (χ4n) is 2.36. The highest BCUT2D eigenvalue weighted by Crippen LogP contribution is 2.29. The van der Waals surface area contributed by atoms with Gasteiger partial charge in [0.25, 0.3) is 0 Å². The van der Waals surface area contributed by atoms with Crippen LogP contribution in [0, 0.1) is 5.92 Å². The third kappa shape index (κ3) is 4.87. The zero-order chi connectivity index (χ0) is 18.5. The summed E-state index contributed by atoms with van der Waals surface area (Å²) in [5, 5.41) is 13.0. The molecule has 1 aliphatic carbocycles. The van der Waals surface area contributed by atoms with Crippen LogP contribution in [0.25, 0.3) is 11.6 Å². The monoisotopic (exact) mass is 369 g/mol. The molecule has 1 aliphatic rings. The topological polar surface area (TPSA) is 132 Å². The highest BCUT2D eigenvalue weighted by molar-refractivity contribution is 5.76. The molecule has 0 atom stereocenters. The summed E-state index contributed by atoms with van der Waals surface area (Å²) in [6, 6.07) is 3.73. The highest BCUT2D eigenvalue weighted by Gasteiger charge is 2.22.